The van der Waals surface area contributed by atoms with Crippen molar-refractivity contribution < 1.29 is 9.53 Å². The average Bonchev–Trinajstić information content (AvgIpc) is 3.39. The van der Waals surface area contributed by atoms with E-state index in [2.05, 4.69) is 20.6 Å². The van der Waals surface area contributed by atoms with Gasteiger partial charge >= 0.3 is 5.97 Å². The Bertz CT molecular complexity index is 1360. The molecule has 156 valence electrons. The Morgan fingerprint density at radius 1 is 1.26 bits per heavy atom. The molecule has 3 aromatic heterocycles. The van der Waals surface area contributed by atoms with Crippen LogP contribution in [0.15, 0.2) is 30.3 Å². The molecule has 0 atom stereocenters. The zero-order chi connectivity index (χ0) is 22.3. The zero-order valence-corrected chi connectivity index (χ0v) is 18.8. The minimum atomic E-state index is -0.346. The summed E-state index contributed by atoms with van der Waals surface area (Å²) in [4.78, 5) is 21.3. The van der Waals surface area contributed by atoms with Crippen LogP contribution in [-0.4, -0.2) is 27.6 Å². The summed E-state index contributed by atoms with van der Waals surface area (Å²) in [7, 11) is 1.40. The van der Waals surface area contributed by atoms with Gasteiger partial charge in [-0.25, -0.2) is 9.78 Å². The minimum Gasteiger partial charge on any atom is -0.465 e. The number of rotatable bonds is 4. The second-order valence-corrected chi connectivity index (χ2v) is 8.59. The number of aromatic nitrogens is 3. The van der Waals surface area contributed by atoms with Crippen LogP contribution >= 0.6 is 11.3 Å². The second kappa shape index (κ2) is 7.89. The standard InChI is InChI=1S/C24H22N4O2S/c1-13-10-17(11-18(12-25)22-26-19-8-6-7-9-20(19)27-22)15(3)28(13)23-21(24(29)30-5)14(2)16(4)31-23/h6-11H,1-5H3,(H,26,27)/b18-11+. The number of nitrogens with one attached hydrogen (secondary N) is 1. The summed E-state index contributed by atoms with van der Waals surface area (Å²) < 4.78 is 7.09. The van der Waals surface area contributed by atoms with E-state index < -0.39 is 0 Å². The second-order valence-electron chi connectivity index (χ2n) is 7.39. The Labute approximate surface area is 184 Å². The molecule has 0 spiro atoms. The normalized spacial score (nSPS) is 11.7. The molecule has 7 heteroatoms. The molecule has 0 bridgehead atoms. The first-order valence-corrected chi connectivity index (χ1v) is 10.6. The molecule has 4 rings (SSSR count). The summed E-state index contributed by atoms with van der Waals surface area (Å²) in [5, 5.41) is 10.6. The van der Waals surface area contributed by atoms with Crippen LogP contribution in [0.25, 0.3) is 27.7 Å². The molecule has 0 radical (unpaired) electrons. The number of H-pyrrole nitrogens is 1. The third-order valence-electron chi connectivity index (χ3n) is 5.49. The van der Waals surface area contributed by atoms with Gasteiger partial charge in [0.1, 0.15) is 16.9 Å². The number of ether oxygens (including phenoxy) is 1. The van der Waals surface area contributed by atoms with Crippen LogP contribution < -0.4 is 0 Å². The van der Waals surface area contributed by atoms with E-state index in [1.165, 1.54) is 7.11 Å². The molecule has 0 aliphatic carbocycles. The SMILES string of the molecule is COC(=O)c1c(-n2c(C)cc(/C=C(\C#N)c3nc4ccccc4[nH]3)c2C)sc(C)c1C. The highest BCUT2D eigenvalue weighted by molar-refractivity contribution is 7.15. The Hall–Kier alpha value is -3.63. The van der Waals surface area contributed by atoms with Crippen molar-refractivity contribution in [1.82, 2.24) is 14.5 Å². The molecule has 0 aliphatic rings. The van der Waals surface area contributed by atoms with Gasteiger partial charge in [-0.05, 0) is 63.1 Å². The predicted octanol–water partition coefficient (Wildman–Crippen LogP) is 5.50. The number of methoxy groups -OCH3 is 1. The summed E-state index contributed by atoms with van der Waals surface area (Å²) in [6.45, 7) is 7.91. The van der Waals surface area contributed by atoms with E-state index in [0.29, 0.717) is 17.0 Å². The molecular weight excluding hydrogens is 408 g/mol. The van der Waals surface area contributed by atoms with Gasteiger partial charge in [-0.1, -0.05) is 12.1 Å². The summed E-state index contributed by atoms with van der Waals surface area (Å²) >= 11 is 1.56. The molecular formula is C24H22N4O2S. The van der Waals surface area contributed by atoms with Gasteiger partial charge in [0.05, 0.1) is 29.3 Å². The fraction of sp³-hybridized carbons (Fsp3) is 0.208. The average molecular weight is 431 g/mol. The Morgan fingerprint density at radius 2 is 2.00 bits per heavy atom. The van der Waals surface area contributed by atoms with Crippen LogP contribution in [0.4, 0.5) is 0 Å². The summed E-state index contributed by atoms with van der Waals surface area (Å²) in [6.07, 6.45) is 1.84. The number of hydrogen-bond donors (Lipinski definition) is 1. The van der Waals surface area contributed by atoms with Crippen LogP contribution in [-0.2, 0) is 4.74 Å². The number of aromatic amines is 1. The van der Waals surface area contributed by atoms with Crippen LogP contribution in [0.1, 0.15) is 43.6 Å². The maximum Gasteiger partial charge on any atom is 0.341 e. The van der Waals surface area contributed by atoms with Crippen molar-refractivity contribution in [3.8, 4) is 11.1 Å². The Kier molecular flexibility index (Phi) is 5.25. The first-order chi connectivity index (χ1) is 14.8. The van der Waals surface area contributed by atoms with Gasteiger partial charge < -0.3 is 14.3 Å². The predicted molar refractivity (Wildman–Crippen MR) is 124 cm³/mol. The molecule has 6 nitrogen and oxygen atoms in total. The number of esters is 1. The number of para-hydroxylation sites is 2. The van der Waals surface area contributed by atoms with Crippen LogP contribution in [0.2, 0.25) is 0 Å². The smallest absolute Gasteiger partial charge is 0.341 e. The number of nitrogens with zero attached hydrogens (tertiary/aromatic N) is 3. The van der Waals surface area contributed by atoms with Crippen LogP contribution in [0, 0.1) is 39.0 Å². The molecule has 3 heterocycles. The van der Waals surface area contributed by atoms with E-state index in [-0.39, 0.29) is 5.97 Å². The topological polar surface area (TPSA) is 83.7 Å². The number of thiophene rings is 1. The molecule has 4 aromatic rings. The maximum absolute atomic E-state index is 12.5. The molecule has 1 N–H and O–H groups in total. The molecule has 31 heavy (non-hydrogen) atoms. The van der Waals surface area contributed by atoms with Crippen molar-refractivity contribution in [2.45, 2.75) is 27.7 Å². The largest absolute Gasteiger partial charge is 0.465 e. The Balaban J connectivity index is 1.85. The number of imidazole rings is 1. The van der Waals surface area contributed by atoms with Crippen molar-refractivity contribution in [3.63, 3.8) is 0 Å². The number of carbonyl (C=O) groups is 1. The number of allylic oxidation sites excluding steroid dienone is 1. The van der Waals surface area contributed by atoms with E-state index in [4.69, 9.17) is 4.74 Å². The van der Waals surface area contributed by atoms with Crippen molar-refractivity contribution >= 4 is 40.0 Å². The van der Waals surface area contributed by atoms with Gasteiger partial charge in [-0.15, -0.1) is 11.3 Å². The third kappa shape index (κ3) is 3.45. The van der Waals surface area contributed by atoms with E-state index in [0.717, 1.165) is 43.4 Å². The summed E-state index contributed by atoms with van der Waals surface area (Å²) in [5.74, 6) is 0.188. The molecule has 0 amide bonds. The number of benzene rings is 1. The number of hydrogen-bond acceptors (Lipinski definition) is 5. The number of nitriles is 1. The van der Waals surface area contributed by atoms with Gasteiger partial charge in [-0.2, -0.15) is 5.26 Å². The summed E-state index contributed by atoms with van der Waals surface area (Å²) in [6, 6.07) is 12.0. The van der Waals surface area contributed by atoms with E-state index in [9.17, 15) is 10.1 Å². The van der Waals surface area contributed by atoms with Crippen LogP contribution in [0.3, 0.4) is 0 Å². The quantitative estimate of drug-likeness (QED) is 0.342. The van der Waals surface area contributed by atoms with Gasteiger partial charge in [0.2, 0.25) is 0 Å². The molecule has 0 fully saturated rings. The lowest BCUT2D eigenvalue weighted by atomic mass is 10.1. The zero-order valence-electron chi connectivity index (χ0n) is 18.0. The third-order valence-corrected chi connectivity index (χ3v) is 6.69. The van der Waals surface area contributed by atoms with Gasteiger partial charge in [0.15, 0.2) is 0 Å². The van der Waals surface area contributed by atoms with Gasteiger partial charge in [0, 0.05) is 16.3 Å². The van der Waals surface area contributed by atoms with E-state index in [1.54, 1.807) is 11.3 Å². The summed E-state index contributed by atoms with van der Waals surface area (Å²) in [5.41, 5.74) is 6.46. The first kappa shape index (κ1) is 20.6. The Morgan fingerprint density at radius 3 is 2.68 bits per heavy atom. The van der Waals surface area contributed by atoms with Crippen molar-refractivity contribution in [1.29, 1.82) is 5.26 Å². The van der Waals surface area contributed by atoms with Crippen LogP contribution in [0.5, 0.6) is 0 Å². The number of fused-ring (bicyclic) bond motifs is 1. The number of aryl methyl sites for hydroxylation is 2. The lowest BCUT2D eigenvalue weighted by Gasteiger charge is -2.10. The number of carbonyl (C=O) groups excluding carboxylic acids is 1. The van der Waals surface area contributed by atoms with Gasteiger partial charge in [0.25, 0.3) is 0 Å². The highest BCUT2D eigenvalue weighted by Crippen LogP contribution is 2.35. The van der Waals surface area contributed by atoms with Crippen molar-refractivity contribution in [3.05, 3.63) is 69.1 Å². The fourth-order valence-electron chi connectivity index (χ4n) is 3.74. The highest BCUT2D eigenvalue weighted by atomic mass is 32.1. The molecule has 0 aliphatic heterocycles. The molecule has 0 saturated carbocycles. The molecule has 0 unspecified atom stereocenters. The first-order valence-electron chi connectivity index (χ1n) is 9.80. The van der Waals surface area contributed by atoms with Crippen molar-refractivity contribution in [2.24, 2.45) is 0 Å². The minimum absolute atomic E-state index is 0.346. The lowest BCUT2D eigenvalue weighted by molar-refractivity contribution is 0.0600. The highest BCUT2D eigenvalue weighted by Gasteiger charge is 2.24. The lowest BCUT2D eigenvalue weighted by Crippen LogP contribution is -2.08. The molecule has 0 saturated heterocycles. The maximum atomic E-state index is 12.5. The molecule has 1 aromatic carbocycles. The van der Waals surface area contributed by atoms with Crippen molar-refractivity contribution in [2.75, 3.05) is 7.11 Å². The monoisotopic (exact) mass is 430 g/mol. The van der Waals surface area contributed by atoms with E-state index >= 15 is 0 Å². The fourth-order valence-corrected chi connectivity index (χ4v) is 5.00. The van der Waals surface area contributed by atoms with E-state index in [1.807, 2.05) is 64.1 Å². The van der Waals surface area contributed by atoms with Gasteiger partial charge in [-0.3, -0.25) is 0 Å².